The van der Waals surface area contributed by atoms with Gasteiger partial charge < -0.3 is 29.8 Å². The lowest BCUT2D eigenvalue weighted by atomic mass is 9.97. The maximum Gasteiger partial charge on any atom is 0.220 e. The van der Waals surface area contributed by atoms with Crippen molar-refractivity contribution in [2.24, 2.45) is 7.05 Å². The highest BCUT2D eigenvalue weighted by molar-refractivity contribution is 7.99. The van der Waals surface area contributed by atoms with E-state index in [0.29, 0.717) is 25.9 Å². The lowest BCUT2D eigenvalue weighted by Crippen LogP contribution is -2.31. The van der Waals surface area contributed by atoms with E-state index < -0.39 is 6.29 Å². The third-order valence-corrected chi connectivity index (χ3v) is 9.42. The highest BCUT2D eigenvalue weighted by atomic mass is 32.2. The van der Waals surface area contributed by atoms with Crippen LogP contribution in [0.15, 0.2) is 90.3 Å². The molecular formula is C37H44N4O5S. The van der Waals surface area contributed by atoms with Crippen molar-refractivity contribution in [2.75, 3.05) is 12.3 Å². The Kier molecular flexibility index (Phi) is 12.6. The minimum absolute atomic E-state index is 0.00441. The average Bonchev–Trinajstić information content (AvgIpc) is 3.52. The minimum Gasteiger partial charge on any atom is -0.392 e. The molecule has 1 aliphatic heterocycles. The molecule has 0 radical (unpaired) electrons. The summed E-state index contributed by atoms with van der Waals surface area (Å²) >= 11 is 1.67. The Balaban J connectivity index is 1.23. The van der Waals surface area contributed by atoms with Crippen molar-refractivity contribution >= 4 is 23.6 Å². The molecule has 0 saturated carbocycles. The number of unbranched alkanes of at least 4 members (excludes halogenated alkanes) is 2. The standard InChI is InChI=1S/C37H44N4O5S/c1-26(43)38-19-7-3-4-10-35(44)40-23-31-8-5-6-9-33(31)28-15-17-30(18-16-28)36-45-32(25-47-37-39-20-21-41(37)2)22-34(46-36)29-13-11-27(24-42)12-14-29/h5-6,8-9,11-18,20-21,32,34,36,42H,3-4,7,10,19,22-25H2,1-2H3,(H,38,43)(H,40,44)/t32-,34+,36+/m0/s1. The third kappa shape index (κ3) is 10.0. The minimum atomic E-state index is -0.542. The number of aryl methyl sites for hydroxylation is 1. The first-order valence-corrected chi connectivity index (χ1v) is 17.2. The van der Waals surface area contributed by atoms with Crippen LogP contribution in [0.3, 0.4) is 0 Å². The zero-order valence-corrected chi connectivity index (χ0v) is 27.9. The van der Waals surface area contributed by atoms with E-state index in [1.807, 2.05) is 60.3 Å². The number of nitrogens with zero attached hydrogens (tertiary/aromatic N) is 2. The Bertz CT molecular complexity index is 1590. The predicted molar refractivity (Wildman–Crippen MR) is 183 cm³/mol. The summed E-state index contributed by atoms with van der Waals surface area (Å²) in [6, 6.07) is 24.3. The number of nitrogens with one attached hydrogen (secondary N) is 2. The number of hydrogen-bond acceptors (Lipinski definition) is 7. The Morgan fingerprint density at radius 2 is 1.72 bits per heavy atom. The van der Waals surface area contributed by atoms with Crippen molar-refractivity contribution in [3.8, 4) is 11.1 Å². The molecule has 1 aromatic heterocycles. The van der Waals surface area contributed by atoms with Gasteiger partial charge in [-0.2, -0.15) is 0 Å². The molecule has 248 valence electrons. The summed E-state index contributed by atoms with van der Waals surface area (Å²) in [6.07, 6.45) is 6.71. The molecule has 1 saturated heterocycles. The van der Waals surface area contributed by atoms with E-state index in [2.05, 4.69) is 45.9 Å². The summed E-state index contributed by atoms with van der Waals surface area (Å²) in [5.41, 5.74) is 6.01. The van der Waals surface area contributed by atoms with Gasteiger partial charge in [-0.05, 0) is 40.7 Å². The van der Waals surface area contributed by atoms with Gasteiger partial charge in [0, 0.05) is 63.6 Å². The molecule has 0 unspecified atom stereocenters. The van der Waals surface area contributed by atoms with Crippen molar-refractivity contribution in [3.05, 3.63) is 107 Å². The fraction of sp³-hybridized carbons (Fsp3) is 0.378. The Hall–Kier alpha value is -3.96. The van der Waals surface area contributed by atoms with Crippen LogP contribution >= 0.6 is 11.8 Å². The first-order valence-electron chi connectivity index (χ1n) is 16.2. The van der Waals surface area contributed by atoms with Crippen LogP contribution in [-0.4, -0.2) is 44.9 Å². The number of aliphatic hydroxyl groups excluding tert-OH is 1. The van der Waals surface area contributed by atoms with Gasteiger partial charge >= 0.3 is 0 Å². The van der Waals surface area contributed by atoms with Gasteiger partial charge in [-0.1, -0.05) is 91.0 Å². The molecule has 0 aliphatic carbocycles. The van der Waals surface area contributed by atoms with Crippen molar-refractivity contribution in [1.82, 2.24) is 20.2 Å². The van der Waals surface area contributed by atoms with Crippen molar-refractivity contribution in [1.29, 1.82) is 0 Å². The van der Waals surface area contributed by atoms with E-state index >= 15 is 0 Å². The van der Waals surface area contributed by atoms with Crippen molar-refractivity contribution < 1.29 is 24.2 Å². The molecule has 3 aromatic carbocycles. The molecule has 0 spiro atoms. The zero-order chi connectivity index (χ0) is 33.0. The van der Waals surface area contributed by atoms with E-state index in [-0.39, 0.29) is 30.6 Å². The van der Waals surface area contributed by atoms with Crippen LogP contribution in [0.4, 0.5) is 0 Å². The van der Waals surface area contributed by atoms with Gasteiger partial charge in [0.15, 0.2) is 11.4 Å². The number of thioether (sulfide) groups is 1. The molecule has 9 nitrogen and oxygen atoms in total. The second kappa shape index (κ2) is 17.3. The number of rotatable bonds is 15. The molecule has 5 rings (SSSR count). The molecule has 1 aliphatic rings. The normalized spacial score (nSPS) is 17.7. The number of ether oxygens (including phenoxy) is 2. The second-order valence-corrected chi connectivity index (χ2v) is 12.8. The van der Waals surface area contributed by atoms with Crippen molar-refractivity contribution in [2.45, 2.75) is 75.8 Å². The molecule has 2 amide bonds. The van der Waals surface area contributed by atoms with Crippen LogP contribution in [0.5, 0.6) is 0 Å². The number of amides is 2. The van der Waals surface area contributed by atoms with Crippen LogP contribution in [0, 0.1) is 0 Å². The molecule has 1 fully saturated rings. The number of carbonyl (C=O) groups is 2. The molecule has 10 heteroatoms. The molecule has 47 heavy (non-hydrogen) atoms. The monoisotopic (exact) mass is 656 g/mol. The number of aliphatic hydroxyl groups is 1. The first-order chi connectivity index (χ1) is 22.9. The quantitative estimate of drug-likeness (QED) is 0.103. The van der Waals surface area contributed by atoms with Gasteiger partial charge in [0.2, 0.25) is 11.8 Å². The number of hydrogen-bond donors (Lipinski definition) is 3. The van der Waals surface area contributed by atoms with Crippen molar-refractivity contribution in [3.63, 3.8) is 0 Å². The molecular weight excluding hydrogens is 612 g/mol. The maximum atomic E-state index is 12.5. The van der Waals surface area contributed by atoms with Crippen LogP contribution in [0.2, 0.25) is 0 Å². The fourth-order valence-corrected chi connectivity index (χ4v) is 6.54. The maximum absolute atomic E-state index is 12.5. The van der Waals surface area contributed by atoms with E-state index in [1.54, 1.807) is 18.0 Å². The lowest BCUT2D eigenvalue weighted by molar-refractivity contribution is -0.245. The Labute approximate surface area is 281 Å². The van der Waals surface area contributed by atoms with E-state index in [9.17, 15) is 14.7 Å². The number of benzene rings is 3. The highest BCUT2D eigenvalue weighted by Crippen LogP contribution is 2.40. The molecule has 3 N–H and O–H groups in total. The first kappa shape index (κ1) is 34.4. The van der Waals surface area contributed by atoms with Gasteiger partial charge in [0.25, 0.3) is 0 Å². The van der Waals surface area contributed by atoms with Crippen LogP contribution in [0.25, 0.3) is 11.1 Å². The summed E-state index contributed by atoms with van der Waals surface area (Å²) in [5.74, 6) is 0.740. The highest BCUT2D eigenvalue weighted by Gasteiger charge is 2.32. The molecule has 2 heterocycles. The molecule has 0 bridgehead atoms. The number of carbonyl (C=O) groups excluding carboxylic acids is 2. The van der Waals surface area contributed by atoms with E-state index in [1.165, 1.54) is 6.92 Å². The third-order valence-electron chi connectivity index (χ3n) is 8.23. The summed E-state index contributed by atoms with van der Waals surface area (Å²) in [4.78, 5) is 27.9. The average molecular weight is 657 g/mol. The number of aromatic nitrogens is 2. The van der Waals surface area contributed by atoms with Crippen LogP contribution < -0.4 is 10.6 Å². The van der Waals surface area contributed by atoms with Gasteiger partial charge in [-0.15, -0.1) is 0 Å². The Morgan fingerprint density at radius 1 is 0.957 bits per heavy atom. The summed E-state index contributed by atoms with van der Waals surface area (Å²) in [6.45, 7) is 2.61. The molecule has 4 aromatic rings. The summed E-state index contributed by atoms with van der Waals surface area (Å²) < 4.78 is 15.1. The van der Waals surface area contributed by atoms with Gasteiger partial charge in [-0.3, -0.25) is 9.59 Å². The van der Waals surface area contributed by atoms with Crippen LogP contribution in [-0.2, 0) is 39.3 Å². The van der Waals surface area contributed by atoms with Gasteiger partial charge in [-0.25, -0.2) is 4.98 Å². The van der Waals surface area contributed by atoms with Gasteiger partial charge in [0.05, 0.1) is 18.8 Å². The van der Waals surface area contributed by atoms with Crippen LogP contribution in [0.1, 0.15) is 73.7 Å². The predicted octanol–water partition coefficient (Wildman–Crippen LogP) is 6.23. The van der Waals surface area contributed by atoms with Gasteiger partial charge in [0.1, 0.15) is 0 Å². The largest absolute Gasteiger partial charge is 0.392 e. The lowest BCUT2D eigenvalue weighted by Gasteiger charge is -2.36. The topological polar surface area (TPSA) is 115 Å². The smallest absolute Gasteiger partial charge is 0.220 e. The van der Waals surface area contributed by atoms with E-state index in [0.717, 1.165) is 63.6 Å². The zero-order valence-electron chi connectivity index (χ0n) is 27.1. The summed E-state index contributed by atoms with van der Waals surface area (Å²) in [7, 11) is 1.99. The fourth-order valence-electron chi connectivity index (χ4n) is 5.59. The van der Waals surface area contributed by atoms with E-state index in [4.69, 9.17) is 9.47 Å². The summed E-state index contributed by atoms with van der Waals surface area (Å²) in [5, 5.41) is 16.3. The second-order valence-electron chi connectivity index (χ2n) is 11.8. The SMILES string of the molecule is CC(=O)NCCCCCC(=O)NCc1ccccc1-c1ccc([C@@H]2O[C@H](CSc3nccn3C)C[C@H](c3ccc(CO)cc3)O2)cc1. The Morgan fingerprint density at radius 3 is 2.45 bits per heavy atom. The molecule has 3 atom stereocenters. The number of imidazole rings is 1.